The van der Waals surface area contributed by atoms with Crippen LogP contribution in [0.1, 0.15) is 46.5 Å². The predicted molar refractivity (Wildman–Crippen MR) is 107 cm³/mol. The molecule has 0 saturated carbocycles. The highest BCUT2D eigenvalue weighted by atomic mass is 79.9. The van der Waals surface area contributed by atoms with Crippen molar-refractivity contribution in [1.82, 2.24) is 4.98 Å². The Bertz CT molecular complexity index is 1010. The first kappa shape index (κ1) is 15.1. The first-order chi connectivity index (χ1) is 12.2. The van der Waals surface area contributed by atoms with Crippen molar-refractivity contribution in [1.29, 1.82) is 0 Å². The van der Waals surface area contributed by atoms with Crippen LogP contribution in [0.25, 0.3) is 12.2 Å². The summed E-state index contributed by atoms with van der Waals surface area (Å²) in [5.74, 6) is 0.466. The molecule has 2 heteroatoms. The number of hydrogen-bond donors (Lipinski definition) is 0. The molecule has 2 aromatic rings. The van der Waals surface area contributed by atoms with E-state index in [1.54, 1.807) is 0 Å². The topological polar surface area (TPSA) is 12.9 Å². The molecule has 122 valence electrons. The van der Waals surface area contributed by atoms with Gasteiger partial charge < -0.3 is 0 Å². The van der Waals surface area contributed by atoms with Crippen molar-refractivity contribution in [2.24, 2.45) is 0 Å². The van der Waals surface area contributed by atoms with Crippen molar-refractivity contribution in [3.8, 4) is 0 Å². The summed E-state index contributed by atoms with van der Waals surface area (Å²) in [5, 5.41) is 0. The summed E-state index contributed by atoms with van der Waals surface area (Å²) in [4.78, 5) is 4.82. The van der Waals surface area contributed by atoms with E-state index in [0.29, 0.717) is 5.92 Å². The zero-order valence-corrected chi connectivity index (χ0v) is 15.6. The van der Waals surface area contributed by atoms with Crippen molar-refractivity contribution >= 4 is 28.1 Å². The van der Waals surface area contributed by atoms with Crippen LogP contribution in [0.2, 0.25) is 0 Å². The lowest BCUT2D eigenvalue weighted by molar-refractivity contribution is 0.842. The molecule has 1 heterocycles. The van der Waals surface area contributed by atoms with Crippen LogP contribution in [0, 0.1) is 0 Å². The average Bonchev–Trinajstić information content (AvgIpc) is 3.18. The van der Waals surface area contributed by atoms with Crippen LogP contribution >= 0.6 is 15.9 Å². The molecule has 2 unspecified atom stereocenters. The van der Waals surface area contributed by atoms with Gasteiger partial charge in [0.05, 0.1) is 10.5 Å². The van der Waals surface area contributed by atoms with E-state index in [1.165, 1.54) is 39.0 Å². The molecule has 3 aliphatic carbocycles. The van der Waals surface area contributed by atoms with Gasteiger partial charge in [-0.1, -0.05) is 64.5 Å². The molecular weight excluding hydrogens is 370 g/mol. The van der Waals surface area contributed by atoms with Crippen molar-refractivity contribution in [2.45, 2.75) is 24.1 Å². The SMILES string of the molecule is CC1=C(CC2C=Cc3ccccc32)C2=Cc3ncccc3C(Br)C2=C1. The molecule has 0 aliphatic heterocycles. The molecule has 0 saturated heterocycles. The predicted octanol–water partition coefficient (Wildman–Crippen LogP) is 6.37. The molecule has 0 amide bonds. The van der Waals surface area contributed by atoms with Crippen molar-refractivity contribution < 1.29 is 0 Å². The summed E-state index contributed by atoms with van der Waals surface area (Å²) in [6.45, 7) is 2.24. The molecule has 5 rings (SSSR count). The molecule has 1 aromatic heterocycles. The second-order valence-corrected chi connectivity index (χ2v) is 7.87. The fraction of sp³-hybridized carbons (Fsp3) is 0.174. The van der Waals surface area contributed by atoms with Gasteiger partial charge in [-0.05, 0) is 64.5 Å². The van der Waals surface area contributed by atoms with Crippen LogP contribution in [0.4, 0.5) is 0 Å². The number of fused-ring (bicyclic) bond motifs is 3. The minimum absolute atomic E-state index is 0.232. The average molecular weight is 388 g/mol. The molecule has 0 bridgehead atoms. The highest BCUT2D eigenvalue weighted by Gasteiger charge is 2.32. The smallest absolute Gasteiger partial charge is 0.0682 e. The Hall–Kier alpha value is -2.19. The number of nitrogens with zero attached hydrogens (tertiary/aromatic N) is 1. The van der Waals surface area contributed by atoms with E-state index >= 15 is 0 Å². The number of benzene rings is 1. The van der Waals surface area contributed by atoms with Gasteiger partial charge in [0.2, 0.25) is 0 Å². The first-order valence-corrected chi connectivity index (χ1v) is 9.64. The van der Waals surface area contributed by atoms with E-state index in [-0.39, 0.29) is 4.83 Å². The van der Waals surface area contributed by atoms with E-state index < -0.39 is 0 Å². The molecule has 0 spiro atoms. The third-order valence-electron chi connectivity index (χ3n) is 5.51. The number of aromatic nitrogens is 1. The second kappa shape index (κ2) is 5.67. The second-order valence-electron chi connectivity index (χ2n) is 6.96. The van der Waals surface area contributed by atoms with E-state index in [1.807, 2.05) is 12.3 Å². The number of hydrogen-bond acceptors (Lipinski definition) is 1. The zero-order chi connectivity index (χ0) is 17.0. The van der Waals surface area contributed by atoms with E-state index in [9.17, 15) is 0 Å². The minimum atomic E-state index is 0.232. The maximum Gasteiger partial charge on any atom is 0.0682 e. The summed E-state index contributed by atoms with van der Waals surface area (Å²) < 4.78 is 0. The van der Waals surface area contributed by atoms with E-state index in [0.717, 1.165) is 12.1 Å². The van der Waals surface area contributed by atoms with Gasteiger partial charge in [0.15, 0.2) is 0 Å². The van der Waals surface area contributed by atoms with Crippen LogP contribution in [0.15, 0.2) is 77.0 Å². The Labute approximate surface area is 156 Å². The number of allylic oxidation sites excluding steroid dienone is 6. The minimum Gasteiger partial charge on any atom is -0.257 e. The van der Waals surface area contributed by atoms with Crippen molar-refractivity contribution in [2.75, 3.05) is 0 Å². The summed E-state index contributed by atoms with van der Waals surface area (Å²) in [6, 6.07) is 12.9. The van der Waals surface area contributed by atoms with Gasteiger partial charge >= 0.3 is 0 Å². The van der Waals surface area contributed by atoms with Crippen molar-refractivity contribution in [3.63, 3.8) is 0 Å². The molecule has 2 atom stereocenters. The normalized spacial score (nSPS) is 23.1. The van der Waals surface area contributed by atoms with E-state index in [4.69, 9.17) is 0 Å². The maximum absolute atomic E-state index is 4.59. The molecule has 1 aromatic carbocycles. The van der Waals surface area contributed by atoms with E-state index in [2.05, 4.69) is 82.5 Å². The van der Waals surface area contributed by atoms with Crippen LogP contribution in [0.5, 0.6) is 0 Å². The Kier molecular flexibility index (Phi) is 3.42. The van der Waals surface area contributed by atoms with Crippen LogP contribution in [0.3, 0.4) is 0 Å². The summed E-state index contributed by atoms with van der Waals surface area (Å²) in [7, 11) is 0. The highest BCUT2D eigenvalue weighted by molar-refractivity contribution is 9.09. The van der Waals surface area contributed by atoms with Gasteiger partial charge in [0, 0.05) is 12.1 Å². The lowest BCUT2D eigenvalue weighted by Gasteiger charge is -2.24. The third kappa shape index (κ3) is 2.31. The highest BCUT2D eigenvalue weighted by Crippen LogP contribution is 2.50. The van der Waals surface area contributed by atoms with Gasteiger partial charge in [-0.25, -0.2) is 0 Å². The fourth-order valence-electron chi connectivity index (χ4n) is 4.23. The molecule has 0 radical (unpaired) electrons. The summed E-state index contributed by atoms with van der Waals surface area (Å²) in [5.41, 5.74) is 10.7. The first-order valence-electron chi connectivity index (χ1n) is 8.72. The molecule has 0 fully saturated rings. The van der Waals surface area contributed by atoms with Crippen molar-refractivity contribution in [3.05, 3.63) is 99.4 Å². The number of rotatable bonds is 2. The lowest BCUT2D eigenvalue weighted by atomic mass is 9.85. The monoisotopic (exact) mass is 387 g/mol. The van der Waals surface area contributed by atoms with Crippen LogP contribution in [-0.2, 0) is 0 Å². The Balaban J connectivity index is 1.53. The van der Waals surface area contributed by atoms with Gasteiger partial charge in [-0.15, -0.1) is 0 Å². The van der Waals surface area contributed by atoms with Crippen LogP contribution in [-0.4, -0.2) is 4.98 Å². The third-order valence-corrected chi connectivity index (χ3v) is 6.50. The van der Waals surface area contributed by atoms with Gasteiger partial charge in [0.25, 0.3) is 0 Å². The quantitative estimate of drug-likeness (QED) is 0.545. The number of halogens is 1. The zero-order valence-electron chi connectivity index (χ0n) is 14.0. The molecule has 25 heavy (non-hydrogen) atoms. The maximum atomic E-state index is 4.59. The number of pyridine rings is 1. The Morgan fingerprint density at radius 3 is 2.80 bits per heavy atom. The lowest BCUT2D eigenvalue weighted by Crippen LogP contribution is -2.08. The largest absolute Gasteiger partial charge is 0.257 e. The van der Waals surface area contributed by atoms with Gasteiger partial charge in [-0.2, -0.15) is 0 Å². The summed E-state index contributed by atoms with van der Waals surface area (Å²) in [6.07, 6.45) is 12.2. The Morgan fingerprint density at radius 2 is 1.88 bits per heavy atom. The Morgan fingerprint density at radius 1 is 1.04 bits per heavy atom. The molecule has 1 nitrogen and oxygen atoms in total. The number of alkyl halides is 1. The fourth-order valence-corrected chi connectivity index (χ4v) is 4.99. The molecule has 3 aliphatic rings. The van der Waals surface area contributed by atoms with Gasteiger partial charge in [0.1, 0.15) is 0 Å². The van der Waals surface area contributed by atoms with Gasteiger partial charge in [-0.3, -0.25) is 4.98 Å². The molecule has 0 N–H and O–H groups in total. The molecular formula is C23H18BrN. The summed E-state index contributed by atoms with van der Waals surface area (Å²) >= 11 is 3.90. The standard InChI is InChI=1S/C23H18BrN/c1-14-11-21-20(13-22-18(23(21)24)7-4-10-25-22)19(14)12-16-9-8-15-5-2-3-6-17(15)16/h2-11,13,16,23H,12H2,1H3. The van der Waals surface area contributed by atoms with Crippen LogP contribution < -0.4 is 0 Å².